The van der Waals surface area contributed by atoms with Crippen molar-refractivity contribution in [3.63, 3.8) is 0 Å². The number of amides is 1. The molecule has 0 saturated heterocycles. The molecule has 1 amide bonds. The fourth-order valence-corrected chi connectivity index (χ4v) is 2.86. The molecular formula is C13H20N2O. The van der Waals surface area contributed by atoms with Gasteiger partial charge >= 0.3 is 0 Å². The second-order valence-electron chi connectivity index (χ2n) is 5.66. The first-order chi connectivity index (χ1) is 7.57. The number of rotatable bonds is 3. The van der Waals surface area contributed by atoms with Crippen molar-refractivity contribution in [2.45, 2.75) is 52.0 Å². The van der Waals surface area contributed by atoms with Crippen molar-refractivity contribution in [3.8, 4) is 6.07 Å². The molecule has 0 aliphatic heterocycles. The molecule has 2 rings (SSSR count). The van der Waals surface area contributed by atoms with Crippen LogP contribution in [0.5, 0.6) is 0 Å². The minimum atomic E-state index is -0.711. The summed E-state index contributed by atoms with van der Waals surface area (Å²) in [5, 5.41) is 12.2. The molecule has 1 atom stereocenters. The Kier molecular flexibility index (Phi) is 2.92. The highest BCUT2D eigenvalue weighted by atomic mass is 16.2. The van der Waals surface area contributed by atoms with E-state index in [0.29, 0.717) is 11.8 Å². The van der Waals surface area contributed by atoms with E-state index in [-0.39, 0.29) is 11.9 Å². The van der Waals surface area contributed by atoms with Gasteiger partial charge in [-0.25, -0.2) is 0 Å². The summed E-state index contributed by atoms with van der Waals surface area (Å²) in [6.07, 6.45) is 5.18. The summed E-state index contributed by atoms with van der Waals surface area (Å²) in [7, 11) is 0. The summed E-state index contributed by atoms with van der Waals surface area (Å²) in [5.74, 6) is 1.12. The van der Waals surface area contributed by atoms with Gasteiger partial charge in [0.2, 0.25) is 5.91 Å². The van der Waals surface area contributed by atoms with Gasteiger partial charge in [-0.3, -0.25) is 4.79 Å². The van der Waals surface area contributed by atoms with Crippen molar-refractivity contribution >= 4 is 5.91 Å². The van der Waals surface area contributed by atoms with E-state index in [0.717, 1.165) is 12.8 Å². The zero-order valence-corrected chi connectivity index (χ0v) is 10.1. The number of hydrogen-bond donors (Lipinski definition) is 1. The molecule has 0 bridgehead atoms. The largest absolute Gasteiger partial charge is 0.352 e. The maximum absolute atomic E-state index is 12.0. The van der Waals surface area contributed by atoms with Crippen LogP contribution in [0.3, 0.4) is 0 Å². The van der Waals surface area contributed by atoms with Crippen LogP contribution in [0, 0.1) is 28.6 Å². The summed E-state index contributed by atoms with van der Waals surface area (Å²) < 4.78 is 0. The van der Waals surface area contributed by atoms with E-state index in [4.69, 9.17) is 5.26 Å². The van der Waals surface area contributed by atoms with Gasteiger partial charge in [-0.05, 0) is 44.4 Å². The van der Waals surface area contributed by atoms with Crippen molar-refractivity contribution in [2.24, 2.45) is 17.3 Å². The Labute approximate surface area is 97.2 Å². The number of carbonyl (C=O) groups excluding carboxylic acids is 1. The standard InChI is InChI=1S/C13H20N2O/c1-9-6-13(7-9,8-14)12(16)15-10(2)11-4-3-5-11/h9-11H,3-7H2,1-2H3,(H,15,16). The lowest BCUT2D eigenvalue weighted by Crippen LogP contribution is -2.52. The van der Waals surface area contributed by atoms with Crippen LogP contribution in [-0.4, -0.2) is 11.9 Å². The van der Waals surface area contributed by atoms with E-state index in [9.17, 15) is 4.79 Å². The Balaban J connectivity index is 1.89. The second kappa shape index (κ2) is 4.08. The van der Waals surface area contributed by atoms with E-state index in [1.807, 2.05) is 0 Å². The van der Waals surface area contributed by atoms with Crippen molar-refractivity contribution in [1.82, 2.24) is 5.32 Å². The van der Waals surface area contributed by atoms with Gasteiger partial charge in [-0.2, -0.15) is 5.26 Å². The SMILES string of the molecule is CC1CC(C#N)(C(=O)NC(C)C2CCC2)C1. The number of nitrogens with zero attached hydrogens (tertiary/aromatic N) is 1. The molecule has 2 fully saturated rings. The molecule has 88 valence electrons. The van der Waals surface area contributed by atoms with E-state index in [2.05, 4.69) is 25.2 Å². The van der Waals surface area contributed by atoms with E-state index < -0.39 is 5.41 Å². The number of nitriles is 1. The molecule has 3 heteroatoms. The molecular weight excluding hydrogens is 200 g/mol. The van der Waals surface area contributed by atoms with Crippen LogP contribution >= 0.6 is 0 Å². The van der Waals surface area contributed by atoms with E-state index >= 15 is 0 Å². The maximum Gasteiger partial charge on any atom is 0.240 e. The van der Waals surface area contributed by atoms with Crippen LogP contribution in [0.1, 0.15) is 46.0 Å². The van der Waals surface area contributed by atoms with E-state index in [1.165, 1.54) is 19.3 Å². The third kappa shape index (κ3) is 1.81. The minimum absolute atomic E-state index is 0.0347. The number of carbonyl (C=O) groups is 1. The molecule has 2 aliphatic carbocycles. The Bertz CT molecular complexity index is 321. The third-order valence-corrected chi connectivity index (χ3v) is 4.26. The summed E-state index contributed by atoms with van der Waals surface area (Å²) in [4.78, 5) is 12.0. The highest BCUT2D eigenvalue weighted by Crippen LogP contribution is 2.45. The van der Waals surface area contributed by atoms with Crippen molar-refractivity contribution in [1.29, 1.82) is 5.26 Å². The van der Waals surface area contributed by atoms with Crippen LogP contribution in [0.4, 0.5) is 0 Å². The number of nitrogens with one attached hydrogen (secondary N) is 1. The quantitative estimate of drug-likeness (QED) is 0.793. The van der Waals surface area contributed by atoms with Gasteiger partial charge in [0.25, 0.3) is 0 Å². The lowest BCUT2D eigenvalue weighted by atomic mass is 9.63. The monoisotopic (exact) mass is 220 g/mol. The molecule has 0 heterocycles. The van der Waals surface area contributed by atoms with Crippen molar-refractivity contribution in [3.05, 3.63) is 0 Å². The van der Waals surface area contributed by atoms with Gasteiger partial charge in [-0.1, -0.05) is 13.3 Å². The molecule has 3 nitrogen and oxygen atoms in total. The van der Waals surface area contributed by atoms with Gasteiger partial charge in [0.05, 0.1) is 6.07 Å². The Hall–Kier alpha value is -1.04. The highest BCUT2D eigenvalue weighted by molar-refractivity contribution is 5.86. The zero-order valence-electron chi connectivity index (χ0n) is 10.1. The number of hydrogen-bond acceptors (Lipinski definition) is 2. The smallest absolute Gasteiger partial charge is 0.240 e. The predicted octanol–water partition coefficient (Wildman–Crippen LogP) is 2.23. The Morgan fingerprint density at radius 1 is 1.50 bits per heavy atom. The fourth-order valence-electron chi connectivity index (χ4n) is 2.86. The van der Waals surface area contributed by atoms with Crippen LogP contribution in [-0.2, 0) is 4.79 Å². The van der Waals surface area contributed by atoms with Crippen molar-refractivity contribution in [2.75, 3.05) is 0 Å². The van der Waals surface area contributed by atoms with Gasteiger partial charge in [0.15, 0.2) is 0 Å². The molecule has 0 aromatic heterocycles. The van der Waals surface area contributed by atoms with Crippen LogP contribution in [0.2, 0.25) is 0 Å². The van der Waals surface area contributed by atoms with Crippen LogP contribution in [0.25, 0.3) is 0 Å². The van der Waals surface area contributed by atoms with Gasteiger partial charge in [0, 0.05) is 6.04 Å². The maximum atomic E-state index is 12.0. The minimum Gasteiger partial charge on any atom is -0.352 e. The first kappa shape index (κ1) is 11.4. The average molecular weight is 220 g/mol. The molecule has 16 heavy (non-hydrogen) atoms. The van der Waals surface area contributed by atoms with Gasteiger partial charge in [0.1, 0.15) is 5.41 Å². The second-order valence-corrected chi connectivity index (χ2v) is 5.66. The van der Waals surface area contributed by atoms with Gasteiger partial charge in [-0.15, -0.1) is 0 Å². The molecule has 1 N–H and O–H groups in total. The first-order valence-electron chi connectivity index (χ1n) is 6.29. The van der Waals surface area contributed by atoms with E-state index in [1.54, 1.807) is 0 Å². The topological polar surface area (TPSA) is 52.9 Å². The average Bonchev–Trinajstić information content (AvgIpc) is 2.09. The molecule has 0 radical (unpaired) electrons. The normalized spacial score (nSPS) is 35.4. The summed E-state index contributed by atoms with van der Waals surface area (Å²) in [5.41, 5.74) is -0.711. The Morgan fingerprint density at radius 3 is 2.50 bits per heavy atom. The molecule has 2 aliphatic rings. The van der Waals surface area contributed by atoms with Crippen LogP contribution < -0.4 is 5.32 Å². The zero-order chi connectivity index (χ0) is 11.8. The van der Waals surface area contributed by atoms with Crippen LogP contribution in [0.15, 0.2) is 0 Å². The molecule has 0 spiro atoms. The lowest BCUT2D eigenvalue weighted by molar-refractivity contribution is -0.135. The molecule has 2 saturated carbocycles. The summed E-state index contributed by atoms with van der Waals surface area (Å²) in [6, 6.07) is 2.45. The predicted molar refractivity (Wildman–Crippen MR) is 61.4 cm³/mol. The van der Waals surface area contributed by atoms with Crippen molar-refractivity contribution < 1.29 is 4.79 Å². The lowest BCUT2D eigenvalue weighted by Gasteiger charge is -2.41. The first-order valence-corrected chi connectivity index (χ1v) is 6.29. The summed E-state index contributed by atoms with van der Waals surface area (Å²) >= 11 is 0. The molecule has 1 unspecified atom stereocenters. The van der Waals surface area contributed by atoms with Gasteiger partial charge < -0.3 is 5.32 Å². The Morgan fingerprint density at radius 2 is 2.12 bits per heavy atom. The highest BCUT2D eigenvalue weighted by Gasteiger charge is 2.49. The summed E-state index contributed by atoms with van der Waals surface area (Å²) in [6.45, 7) is 4.16. The molecule has 0 aromatic rings. The third-order valence-electron chi connectivity index (χ3n) is 4.26. The fraction of sp³-hybridized carbons (Fsp3) is 0.846. The molecule has 0 aromatic carbocycles.